The molecular weight excluding hydrogens is 238 g/mol. The Morgan fingerprint density at radius 2 is 2.00 bits per heavy atom. The highest BCUT2D eigenvalue weighted by molar-refractivity contribution is 5.86. The van der Waals surface area contributed by atoms with Gasteiger partial charge in [-0.2, -0.15) is 0 Å². The summed E-state index contributed by atoms with van der Waals surface area (Å²) in [7, 11) is 0. The Morgan fingerprint density at radius 1 is 1.32 bits per heavy atom. The molecule has 3 heteroatoms. The van der Waals surface area contributed by atoms with E-state index in [2.05, 4.69) is 44.0 Å². The maximum Gasteiger partial charge on any atom is 0.303 e. The van der Waals surface area contributed by atoms with E-state index in [1.165, 1.54) is 5.56 Å². The number of aromatic amines is 1. The summed E-state index contributed by atoms with van der Waals surface area (Å²) >= 11 is 0. The summed E-state index contributed by atoms with van der Waals surface area (Å²) in [5.41, 5.74) is 4.54. The van der Waals surface area contributed by atoms with Gasteiger partial charge in [-0.1, -0.05) is 25.5 Å². The monoisotopic (exact) mass is 259 g/mol. The fraction of sp³-hybridized carbons (Fsp3) is 0.438. The predicted octanol–water partition coefficient (Wildman–Crippen LogP) is 4.00. The third kappa shape index (κ3) is 2.65. The molecule has 1 aromatic carbocycles. The second kappa shape index (κ2) is 5.08. The number of hydrogen-bond acceptors (Lipinski definition) is 1. The Kier molecular flexibility index (Phi) is 3.65. The molecule has 2 rings (SSSR count). The molecule has 2 aromatic rings. The van der Waals surface area contributed by atoms with Gasteiger partial charge in [-0.3, -0.25) is 4.79 Å². The predicted molar refractivity (Wildman–Crippen MR) is 77.6 cm³/mol. The Balaban J connectivity index is 2.61. The number of fused-ring (bicyclic) bond motifs is 1. The van der Waals surface area contributed by atoms with E-state index in [4.69, 9.17) is 5.11 Å². The van der Waals surface area contributed by atoms with Gasteiger partial charge in [0.2, 0.25) is 0 Å². The Bertz CT molecular complexity index is 610. The lowest BCUT2D eigenvalue weighted by Crippen LogP contribution is -2.12. The van der Waals surface area contributed by atoms with Crippen LogP contribution in [0.25, 0.3) is 10.9 Å². The van der Waals surface area contributed by atoms with Crippen LogP contribution < -0.4 is 0 Å². The summed E-state index contributed by atoms with van der Waals surface area (Å²) in [6, 6.07) is 6.29. The van der Waals surface area contributed by atoms with Crippen molar-refractivity contribution in [3.8, 4) is 0 Å². The quantitative estimate of drug-likeness (QED) is 0.872. The van der Waals surface area contributed by atoms with Crippen molar-refractivity contribution < 1.29 is 9.90 Å². The number of carbonyl (C=O) groups is 1. The Labute approximate surface area is 113 Å². The molecule has 0 saturated carbocycles. The third-order valence-electron chi connectivity index (χ3n) is 3.76. The summed E-state index contributed by atoms with van der Waals surface area (Å²) < 4.78 is 0. The first-order chi connectivity index (χ1) is 8.90. The molecule has 1 atom stereocenters. The number of aryl methyl sites for hydroxylation is 2. The molecule has 1 heterocycles. The van der Waals surface area contributed by atoms with Crippen molar-refractivity contribution in [3.63, 3.8) is 0 Å². The fourth-order valence-electron chi connectivity index (χ4n) is 2.80. The lowest BCUT2D eigenvalue weighted by Gasteiger charge is -2.20. The lowest BCUT2D eigenvalue weighted by molar-refractivity contribution is -0.137. The summed E-state index contributed by atoms with van der Waals surface area (Å²) in [5, 5.41) is 10.3. The second-order valence-corrected chi connectivity index (χ2v) is 5.66. The van der Waals surface area contributed by atoms with Crippen molar-refractivity contribution in [2.75, 3.05) is 0 Å². The minimum Gasteiger partial charge on any atom is -0.481 e. The van der Waals surface area contributed by atoms with Gasteiger partial charge < -0.3 is 10.1 Å². The Morgan fingerprint density at radius 3 is 2.58 bits per heavy atom. The maximum absolute atomic E-state index is 11.1. The van der Waals surface area contributed by atoms with Crippen LogP contribution in [0.5, 0.6) is 0 Å². The van der Waals surface area contributed by atoms with Gasteiger partial charge in [0.25, 0.3) is 0 Å². The zero-order chi connectivity index (χ0) is 14.2. The highest BCUT2D eigenvalue weighted by atomic mass is 16.4. The molecule has 0 fully saturated rings. The molecule has 0 radical (unpaired) electrons. The molecule has 0 amide bonds. The minimum absolute atomic E-state index is 0.0491. The molecule has 19 heavy (non-hydrogen) atoms. The number of hydrogen-bond donors (Lipinski definition) is 2. The molecule has 3 nitrogen and oxygen atoms in total. The van der Waals surface area contributed by atoms with Crippen molar-refractivity contribution in [3.05, 3.63) is 35.0 Å². The van der Waals surface area contributed by atoms with E-state index >= 15 is 0 Å². The van der Waals surface area contributed by atoms with E-state index in [0.29, 0.717) is 5.92 Å². The van der Waals surface area contributed by atoms with Crippen LogP contribution >= 0.6 is 0 Å². The van der Waals surface area contributed by atoms with Crippen LogP contribution in [0, 0.1) is 19.8 Å². The van der Waals surface area contributed by atoms with Gasteiger partial charge >= 0.3 is 5.97 Å². The summed E-state index contributed by atoms with van der Waals surface area (Å²) in [4.78, 5) is 14.5. The number of nitrogens with one attached hydrogen (secondary N) is 1. The van der Waals surface area contributed by atoms with E-state index in [-0.39, 0.29) is 12.3 Å². The van der Waals surface area contributed by atoms with Crippen LogP contribution in [0.2, 0.25) is 0 Å². The highest BCUT2D eigenvalue weighted by Gasteiger charge is 2.24. The molecular formula is C16H21NO2. The van der Waals surface area contributed by atoms with Gasteiger partial charge in [-0.25, -0.2) is 0 Å². The molecule has 0 aliphatic rings. The van der Waals surface area contributed by atoms with Gasteiger partial charge in [0.05, 0.1) is 6.42 Å². The number of carboxylic acid groups (broad SMARTS) is 1. The maximum atomic E-state index is 11.1. The van der Waals surface area contributed by atoms with Crippen LogP contribution in [0.15, 0.2) is 18.2 Å². The average molecular weight is 259 g/mol. The van der Waals surface area contributed by atoms with Crippen molar-refractivity contribution in [2.24, 2.45) is 5.92 Å². The first kappa shape index (κ1) is 13.7. The van der Waals surface area contributed by atoms with E-state index in [0.717, 1.165) is 22.2 Å². The number of benzene rings is 1. The zero-order valence-electron chi connectivity index (χ0n) is 11.9. The highest BCUT2D eigenvalue weighted by Crippen LogP contribution is 2.36. The summed E-state index contributed by atoms with van der Waals surface area (Å²) in [6.45, 7) is 8.26. The van der Waals surface area contributed by atoms with Gasteiger partial charge in [-0.05, 0) is 43.4 Å². The topological polar surface area (TPSA) is 53.1 Å². The molecule has 0 saturated heterocycles. The number of carboxylic acids is 1. The normalized spacial score (nSPS) is 13.1. The molecule has 2 N–H and O–H groups in total. The van der Waals surface area contributed by atoms with Crippen molar-refractivity contribution in [1.82, 2.24) is 4.98 Å². The minimum atomic E-state index is -0.736. The standard InChI is InChI=1S/C16H21NO2/c1-9(2)12(8-15(18)19)16-11(4)17-14-6-5-10(3)7-13(14)16/h5-7,9,12,17H,8H2,1-4H3,(H,18,19). The zero-order valence-corrected chi connectivity index (χ0v) is 11.9. The molecule has 0 aliphatic heterocycles. The Hall–Kier alpha value is -1.77. The molecule has 0 spiro atoms. The van der Waals surface area contributed by atoms with Gasteiger partial charge in [0.15, 0.2) is 0 Å². The largest absolute Gasteiger partial charge is 0.481 e. The second-order valence-electron chi connectivity index (χ2n) is 5.66. The van der Waals surface area contributed by atoms with Gasteiger partial charge in [0, 0.05) is 16.6 Å². The van der Waals surface area contributed by atoms with E-state index < -0.39 is 5.97 Å². The first-order valence-corrected chi connectivity index (χ1v) is 6.70. The number of aliphatic carboxylic acids is 1. The average Bonchev–Trinajstić information content (AvgIpc) is 2.61. The molecule has 1 unspecified atom stereocenters. The first-order valence-electron chi connectivity index (χ1n) is 6.70. The molecule has 102 valence electrons. The van der Waals surface area contributed by atoms with Crippen LogP contribution in [-0.4, -0.2) is 16.1 Å². The SMILES string of the molecule is Cc1ccc2[nH]c(C)c(C(CC(=O)O)C(C)C)c2c1. The third-order valence-corrected chi connectivity index (χ3v) is 3.76. The molecule has 1 aromatic heterocycles. The van der Waals surface area contributed by atoms with E-state index in [9.17, 15) is 4.79 Å². The molecule has 0 bridgehead atoms. The number of H-pyrrole nitrogens is 1. The van der Waals surface area contributed by atoms with E-state index in [1.54, 1.807) is 0 Å². The fourth-order valence-corrected chi connectivity index (χ4v) is 2.80. The number of rotatable bonds is 4. The lowest BCUT2D eigenvalue weighted by atomic mass is 9.84. The van der Waals surface area contributed by atoms with Crippen molar-refractivity contribution in [2.45, 2.75) is 40.0 Å². The molecule has 0 aliphatic carbocycles. The number of aromatic nitrogens is 1. The van der Waals surface area contributed by atoms with Gasteiger partial charge in [-0.15, -0.1) is 0 Å². The van der Waals surface area contributed by atoms with Crippen LogP contribution in [0.4, 0.5) is 0 Å². The summed E-state index contributed by atoms with van der Waals surface area (Å²) in [6.07, 6.45) is 0.180. The van der Waals surface area contributed by atoms with Crippen molar-refractivity contribution >= 4 is 16.9 Å². The van der Waals surface area contributed by atoms with Crippen LogP contribution in [0.3, 0.4) is 0 Å². The smallest absolute Gasteiger partial charge is 0.303 e. The van der Waals surface area contributed by atoms with Gasteiger partial charge in [0.1, 0.15) is 0 Å². The van der Waals surface area contributed by atoms with Crippen LogP contribution in [0.1, 0.15) is 43.0 Å². The van der Waals surface area contributed by atoms with Crippen LogP contribution in [-0.2, 0) is 4.79 Å². The van der Waals surface area contributed by atoms with Crippen molar-refractivity contribution in [1.29, 1.82) is 0 Å². The van der Waals surface area contributed by atoms with E-state index in [1.807, 2.05) is 6.92 Å². The summed E-state index contributed by atoms with van der Waals surface area (Å²) in [5.74, 6) is -0.387.